The maximum atomic E-state index is 4.06. The minimum Gasteiger partial charge on any atom is -0.310 e. The van der Waals surface area contributed by atoms with Crippen molar-refractivity contribution in [3.8, 4) is 11.1 Å². The predicted molar refractivity (Wildman–Crippen MR) is 76.4 cm³/mol. The molecule has 0 saturated carbocycles. The van der Waals surface area contributed by atoms with Crippen LogP contribution in [-0.2, 0) is 0 Å². The molecule has 0 radical (unpaired) electrons. The van der Waals surface area contributed by atoms with Crippen LogP contribution >= 0.6 is 0 Å². The van der Waals surface area contributed by atoms with Gasteiger partial charge in [-0.1, -0.05) is 32.0 Å². The molecule has 1 atom stereocenters. The highest BCUT2D eigenvalue weighted by atomic mass is 14.9. The minimum absolute atomic E-state index is 0.441. The van der Waals surface area contributed by atoms with E-state index in [4.69, 9.17) is 0 Å². The van der Waals surface area contributed by atoms with Gasteiger partial charge in [0, 0.05) is 18.4 Å². The average Bonchev–Trinajstić information content (AvgIpc) is 2.46. The zero-order valence-corrected chi connectivity index (χ0v) is 11.1. The van der Waals surface area contributed by atoms with Gasteiger partial charge in [-0.25, -0.2) is 0 Å². The van der Waals surface area contributed by atoms with Gasteiger partial charge in [-0.05, 0) is 47.9 Å². The first-order chi connectivity index (χ1) is 8.85. The van der Waals surface area contributed by atoms with E-state index >= 15 is 0 Å². The molecular formula is C16H20N2. The van der Waals surface area contributed by atoms with Crippen LogP contribution in [-0.4, -0.2) is 11.5 Å². The molecule has 1 N–H and O–H groups in total. The van der Waals surface area contributed by atoms with Crippen LogP contribution in [0.4, 0.5) is 0 Å². The van der Waals surface area contributed by atoms with Gasteiger partial charge < -0.3 is 5.32 Å². The van der Waals surface area contributed by atoms with Gasteiger partial charge in [0.1, 0.15) is 0 Å². The number of nitrogens with one attached hydrogen (secondary N) is 1. The van der Waals surface area contributed by atoms with E-state index in [-0.39, 0.29) is 0 Å². The minimum atomic E-state index is 0.441. The summed E-state index contributed by atoms with van der Waals surface area (Å²) in [5.41, 5.74) is 3.83. The molecule has 2 aromatic rings. The number of pyridine rings is 1. The molecule has 0 amide bonds. The van der Waals surface area contributed by atoms with E-state index in [1.807, 2.05) is 24.5 Å². The lowest BCUT2D eigenvalue weighted by Gasteiger charge is -2.17. The zero-order chi connectivity index (χ0) is 12.8. The van der Waals surface area contributed by atoms with Gasteiger partial charge in [0.15, 0.2) is 0 Å². The Bertz CT molecular complexity index is 479. The smallest absolute Gasteiger partial charge is 0.0317 e. The van der Waals surface area contributed by atoms with Crippen LogP contribution in [0.5, 0.6) is 0 Å². The second-order valence-corrected chi connectivity index (χ2v) is 4.38. The van der Waals surface area contributed by atoms with Crippen LogP contribution < -0.4 is 5.32 Å². The summed E-state index contributed by atoms with van der Waals surface area (Å²) in [7, 11) is 0. The van der Waals surface area contributed by atoms with Gasteiger partial charge in [-0.2, -0.15) is 0 Å². The van der Waals surface area contributed by atoms with Gasteiger partial charge in [0.05, 0.1) is 0 Å². The largest absolute Gasteiger partial charge is 0.310 e. The third kappa shape index (κ3) is 2.96. The van der Waals surface area contributed by atoms with E-state index in [0.717, 1.165) is 13.0 Å². The van der Waals surface area contributed by atoms with Crippen LogP contribution in [0, 0.1) is 0 Å². The highest BCUT2D eigenvalue weighted by Crippen LogP contribution is 2.24. The van der Waals surface area contributed by atoms with Crippen molar-refractivity contribution in [2.24, 2.45) is 0 Å². The maximum absolute atomic E-state index is 4.06. The Labute approximate surface area is 109 Å². The number of aromatic nitrogens is 1. The summed E-state index contributed by atoms with van der Waals surface area (Å²) >= 11 is 0. The summed E-state index contributed by atoms with van der Waals surface area (Å²) in [6.45, 7) is 5.36. The SMILES string of the molecule is CCNC(CC)c1cccc(-c2ccncc2)c1. The molecule has 0 aliphatic rings. The van der Waals surface area contributed by atoms with Crippen LogP contribution in [0.15, 0.2) is 48.8 Å². The van der Waals surface area contributed by atoms with Crippen molar-refractivity contribution in [2.45, 2.75) is 26.3 Å². The fourth-order valence-corrected chi connectivity index (χ4v) is 2.22. The van der Waals surface area contributed by atoms with Crippen molar-refractivity contribution < 1.29 is 0 Å². The third-order valence-corrected chi connectivity index (χ3v) is 3.16. The second kappa shape index (κ2) is 6.31. The molecule has 2 rings (SSSR count). The molecule has 2 heteroatoms. The maximum Gasteiger partial charge on any atom is 0.0317 e. The Balaban J connectivity index is 2.30. The van der Waals surface area contributed by atoms with Crippen LogP contribution in [0.1, 0.15) is 31.9 Å². The van der Waals surface area contributed by atoms with Gasteiger partial charge in [0.2, 0.25) is 0 Å². The Morgan fingerprint density at radius 3 is 2.50 bits per heavy atom. The highest BCUT2D eigenvalue weighted by molar-refractivity contribution is 5.63. The Hall–Kier alpha value is -1.67. The van der Waals surface area contributed by atoms with Crippen LogP contribution in [0.3, 0.4) is 0 Å². The van der Waals surface area contributed by atoms with Crippen molar-refractivity contribution in [3.05, 3.63) is 54.4 Å². The lowest BCUT2D eigenvalue weighted by atomic mass is 9.99. The molecule has 1 unspecified atom stereocenters. The molecule has 0 aliphatic carbocycles. The van der Waals surface area contributed by atoms with Crippen molar-refractivity contribution >= 4 is 0 Å². The van der Waals surface area contributed by atoms with E-state index in [0.29, 0.717) is 6.04 Å². The second-order valence-electron chi connectivity index (χ2n) is 4.38. The zero-order valence-electron chi connectivity index (χ0n) is 11.1. The van der Waals surface area contributed by atoms with Crippen molar-refractivity contribution in [2.75, 3.05) is 6.54 Å². The van der Waals surface area contributed by atoms with Crippen LogP contribution in [0.25, 0.3) is 11.1 Å². The number of rotatable bonds is 5. The van der Waals surface area contributed by atoms with Crippen LogP contribution in [0.2, 0.25) is 0 Å². The van der Waals surface area contributed by atoms with E-state index in [1.165, 1.54) is 16.7 Å². The summed E-state index contributed by atoms with van der Waals surface area (Å²) in [6, 6.07) is 13.3. The molecular weight excluding hydrogens is 220 g/mol. The first-order valence-electron chi connectivity index (χ1n) is 6.59. The first kappa shape index (κ1) is 12.8. The Morgan fingerprint density at radius 2 is 1.83 bits per heavy atom. The quantitative estimate of drug-likeness (QED) is 0.859. The fourth-order valence-electron chi connectivity index (χ4n) is 2.22. The summed E-state index contributed by atoms with van der Waals surface area (Å²) in [4.78, 5) is 4.06. The molecule has 0 aliphatic heterocycles. The molecule has 1 aromatic carbocycles. The standard InChI is InChI=1S/C16H20N2/c1-3-16(18-4-2)15-7-5-6-14(12-15)13-8-10-17-11-9-13/h5-12,16,18H,3-4H2,1-2H3. The highest BCUT2D eigenvalue weighted by Gasteiger charge is 2.08. The molecule has 0 spiro atoms. The van der Waals surface area contributed by atoms with E-state index in [2.05, 4.69) is 48.4 Å². The summed E-state index contributed by atoms with van der Waals surface area (Å²) in [5, 5.41) is 3.51. The van der Waals surface area contributed by atoms with Gasteiger partial charge in [0.25, 0.3) is 0 Å². The van der Waals surface area contributed by atoms with Crippen molar-refractivity contribution in [3.63, 3.8) is 0 Å². The molecule has 18 heavy (non-hydrogen) atoms. The predicted octanol–water partition coefficient (Wildman–Crippen LogP) is 3.81. The molecule has 2 nitrogen and oxygen atoms in total. The van der Waals surface area contributed by atoms with Gasteiger partial charge >= 0.3 is 0 Å². The molecule has 0 saturated heterocycles. The first-order valence-corrected chi connectivity index (χ1v) is 6.59. The molecule has 94 valence electrons. The molecule has 0 bridgehead atoms. The summed E-state index contributed by atoms with van der Waals surface area (Å²) in [6.07, 6.45) is 4.78. The monoisotopic (exact) mass is 240 g/mol. The summed E-state index contributed by atoms with van der Waals surface area (Å²) in [5.74, 6) is 0. The lowest BCUT2D eigenvalue weighted by molar-refractivity contribution is 0.537. The molecule has 1 aromatic heterocycles. The lowest BCUT2D eigenvalue weighted by Crippen LogP contribution is -2.19. The average molecular weight is 240 g/mol. The number of hydrogen-bond acceptors (Lipinski definition) is 2. The Morgan fingerprint density at radius 1 is 1.06 bits per heavy atom. The molecule has 1 heterocycles. The number of nitrogens with zero attached hydrogens (tertiary/aromatic N) is 1. The normalized spacial score (nSPS) is 12.3. The van der Waals surface area contributed by atoms with E-state index in [1.54, 1.807) is 0 Å². The number of benzene rings is 1. The fraction of sp³-hybridized carbons (Fsp3) is 0.312. The van der Waals surface area contributed by atoms with Crippen molar-refractivity contribution in [1.82, 2.24) is 10.3 Å². The topological polar surface area (TPSA) is 24.9 Å². The third-order valence-electron chi connectivity index (χ3n) is 3.16. The van der Waals surface area contributed by atoms with E-state index < -0.39 is 0 Å². The molecule has 0 fully saturated rings. The summed E-state index contributed by atoms with van der Waals surface area (Å²) < 4.78 is 0. The number of hydrogen-bond donors (Lipinski definition) is 1. The van der Waals surface area contributed by atoms with Gasteiger partial charge in [-0.3, -0.25) is 4.98 Å². The van der Waals surface area contributed by atoms with E-state index in [9.17, 15) is 0 Å². The Kier molecular flexibility index (Phi) is 4.48. The van der Waals surface area contributed by atoms with Crippen molar-refractivity contribution in [1.29, 1.82) is 0 Å². The van der Waals surface area contributed by atoms with Gasteiger partial charge in [-0.15, -0.1) is 0 Å².